The SMILES string of the molecule is CCc1nn(C)c(CC(=O)C2CCCCCN2)c1Cl. The van der Waals surface area contributed by atoms with Crippen LogP contribution in [-0.4, -0.2) is 28.2 Å². The highest BCUT2D eigenvalue weighted by Gasteiger charge is 2.23. The van der Waals surface area contributed by atoms with E-state index in [0.717, 1.165) is 43.6 Å². The first-order valence-electron chi connectivity index (χ1n) is 7.09. The molecule has 0 aliphatic carbocycles. The maximum Gasteiger partial charge on any atom is 0.155 e. The quantitative estimate of drug-likeness (QED) is 0.922. The number of ketones is 1. The van der Waals surface area contributed by atoms with Crippen molar-refractivity contribution in [2.24, 2.45) is 7.05 Å². The predicted molar refractivity (Wildman–Crippen MR) is 76.6 cm³/mol. The normalized spacial score (nSPS) is 20.3. The van der Waals surface area contributed by atoms with E-state index in [1.807, 2.05) is 14.0 Å². The highest BCUT2D eigenvalue weighted by atomic mass is 35.5. The summed E-state index contributed by atoms with van der Waals surface area (Å²) < 4.78 is 1.75. The first-order chi connectivity index (χ1) is 9.13. The lowest BCUT2D eigenvalue weighted by Crippen LogP contribution is -2.37. The van der Waals surface area contributed by atoms with Crippen LogP contribution in [0.1, 0.15) is 44.0 Å². The molecule has 1 aliphatic rings. The molecule has 19 heavy (non-hydrogen) atoms. The van der Waals surface area contributed by atoms with Gasteiger partial charge in [-0.2, -0.15) is 5.10 Å². The molecule has 0 amide bonds. The minimum Gasteiger partial charge on any atom is -0.307 e. The summed E-state index contributed by atoms with van der Waals surface area (Å²) in [6, 6.07) is -0.0152. The highest BCUT2D eigenvalue weighted by Crippen LogP contribution is 2.22. The lowest BCUT2D eigenvalue weighted by Gasteiger charge is -2.14. The van der Waals surface area contributed by atoms with Crippen molar-refractivity contribution in [3.05, 3.63) is 16.4 Å². The first-order valence-corrected chi connectivity index (χ1v) is 7.47. The van der Waals surface area contributed by atoms with Crippen LogP contribution in [0.4, 0.5) is 0 Å². The van der Waals surface area contributed by atoms with Crippen molar-refractivity contribution in [1.29, 1.82) is 0 Å². The predicted octanol–water partition coefficient (Wildman–Crippen LogP) is 2.28. The number of carbonyl (C=O) groups excluding carboxylic acids is 1. The van der Waals surface area contributed by atoms with Crippen LogP contribution in [0.5, 0.6) is 0 Å². The van der Waals surface area contributed by atoms with Gasteiger partial charge in [-0.05, 0) is 25.8 Å². The van der Waals surface area contributed by atoms with E-state index in [2.05, 4.69) is 10.4 Å². The van der Waals surface area contributed by atoms with Gasteiger partial charge in [0.2, 0.25) is 0 Å². The van der Waals surface area contributed by atoms with Gasteiger partial charge in [-0.25, -0.2) is 0 Å². The van der Waals surface area contributed by atoms with Gasteiger partial charge in [0.25, 0.3) is 0 Å². The summed E-state index contributed by atoms with van der Waals surface area (Å²) in [5.74, 6) is 0.231. The maximum atomic E-state index is 12.4. The second-order valence-electron chi connectivity index (χ2n) is 5.18. The fourth-order valence-electron chi connectivity index (χ4n) is 2.60. The summed E-state index contributed by atoms with van der Waals surface area (Å²) in [6.07, 6.45) is 5.61. The number of hydrogen-bond acceptors (Lipinski definition) is 3. The van der Waals surface area contributed by atoms with Gasteiger partial charge in [-0.15, -0.1) is 0 Å². The molecule has 2 rings (SSSR count). The van der Waals surface area contributed by atoms with Gasteiger partial charge in [-0.3, -0.25) is 9.48 Å². The zero-order valence-corrected chi connectivity index (χ0v) is 12.5. The van der Waals surface area contributed by atoms with Gasteiger partial charge >= 0.3 is 0 Å². The monoisotopic (exact) mass is 283 g/mol. The fourth-order valence-corrected chi connectivity index (χ4v) is 2.96. The van der Waals surface area contributed by atoms with Crippen LogP contribution in [-0.2, 0) is 24.7 Å². The van der Waals surface area contributed by atoms with Crippen molar-refractivity contribution in [3.8, 4) is 0 Å². The molecule has 0 spiro atoms. The van der Waals surface area contributed by atoms with E-state index in [1.54, 1.807) is 4.68 Å². The van der Waals surface area contributed by atoms with Crippen molar-refractivity contribution in [1.82, 2.24) is 15.1 Å². The third kappa shape index (κ3) is 3.37. The Bertz CT molecular complexity index is 448. The van der Waals surface area contributed by atoms with Crippen molar-refractivity contribution >= 4 is 17.4 Å². The number of nitrogens with zero attached hydrogens (tertiary/aromatic N) is 2. The molecule has 1 unspecified atom stereocenters. The van der Waals surface area contributed by atoms with E-state index in [9.17, 15) is 4.79 Å². The Morgan fingerprint density at radius 2 is 2.26 bits per heavy atom. The third-order valence-electron chi connectivity index (χ3n) is 3.79. The molecule has 5 heteroatoms. The molecule has 0 radical (unpaired) electrons. The highest BCUT2D eigenvalue weighted by molar-refractivity contribution is 6.32. The number of aromatic nitrogens is 2. The Morgan fingerprint density at radius 3 is 2.95 bits per heavy atom. The summed E-state index contributed by atoms with van der Waals surface area (Å²) in [5.41, 5.74) is 1.72. The summed E-state index contributed by atoms with van der Waals surface area (Å²) in [5, 5.41) is 8.36. The van der Waals surface area contributed by atoms with Crippen LogP contribution in [0.2, 0.25) is 5.02 Å². The molecule has 0 bridgehead atoms. The van der Waals surface area contributed by atoms with Crippen LogP contribution < -0.4 is 5.32 Å². The summed E-state index contributed by atoms with van der Waals surface area (Å²) >= 11 is 6.29. The molecule has 1 saturated heterocycles. The van der Waals surface area contributed by atoms with E-state index in [0.29, 0.717) is 11.4 Å². The molecule has 4 nitrogen and oxygen atoms in total. The van der Waals surface area contributed by atoms with E-state index in [4.69, 9.17) is 11.6 Å². The molecule has 0 saturated carbocycles. The van der Waals surface area contributed by atoms with Gasteiger partial charge in [-0.1, -0.05) is 31.4 Å². The Balaban J connectivity index is 2.07. The van der Waals surface area contributed by atoms with Crippen molar-refractivity contribution < 1.29 is 4.79 Å². The Labute approximate surface area is 119 Å². The molecule has 1 N–H and O–H groups in total. The molecule has 1 atom stereocenters. The van der Waals surface area contributed by atoms with Gasteiger partial charge in [0, 0.05) is 7.05 Å². The van der Waals surface area contributed by atoms with Crippen LogP contribution in [0, 0.1) is 0 Å². The van der Waals surface area contributed by atoms with Crippen molar-refractivity contribution in [2.75, 3.05) is 6.54 Å². The Morgan fingerprint density at radius 1 is 1.47 bits per heavy atom. The van der Waals surface area contributed by atoms with E-state index < -0.39 is 0 Å². The molecule has 1 aliphatic heterocycles. The summed E-state index contributed by atoms with van der Waals surface area (Å²) in [7, 11) is 1.86. The van der Waals surface area contributed by atoms with E-state index in [-0.39, 0.29) is 11.8 Å². The molecular formula is C14H22ClN3O. The molecule has 106 valence electrons. The topological polar surface area (TPSA) is 46.9 Å². The second kappa shape index (κ2) is 6.53. The van der Waals surface area contributed by atoms with E-state index >= 15 is 0 Å². The molecule has 1 aromatic rings. The standard InChI is InChI=1S/C14H22ClN3O/c1-3-10-14(15)12(18(2)17-10)9-13(19)11-7-5-4-6-8-16-11/h11,16H,3-9H2,1-2H3. The lowest BCUT2D eigenvalue weighted by atomic mass is 10.0. The van der Waals surface area contributed by atoms with Gasteiger partial charge in [0.05, 0.1) is 28.9 Å². The average Bonchev–Trinajstić information content (AvgIpc) is 2.64. The molecule has 0 aromatic carbocycles. The molecule has 2 heterocycles. The van der Waals surface area contributed by atoms with Crippen LogP contribution in [0.3, 0.4) is 0 Å². The summed E-state index contributed by atoms with van der Waals surface area (Å²) in [4.78, 5) is 12.4. The van der Waals surface area contributed by atoms with Crippen molar-refractivity contribution in [2.45, 2.75) is 51.5 Å². The molecule has 1 fully saturated rings. The largest absolute Gasteiger partial charge is 0.307 e. The van der Waals surface area contributed by atoms with Gasteiger partial charge < -0.3 is 5.32 Å². The van der Waals surface area contributed by atoms with Gasteiger partial charge in [0.15, 0.2) is 5.78 Å². The minimum atomic E-state index is -0.0152. The zero-order chi connectivity index (χ0) is 13.8. The number of carbonyl (C=O) groups is 1. The number of aryl methyl sites for hydroxylation is 2. The average molecular weight is 284 g/mol. The number of nitrogens with one attached hydrogen (secondary N) is 1. The maximum absolute atomic E-state index is 12.4. The summed E-state index contributed by atoms with van der Waals surface area (Å²) in [6.45, 7) is 2.96. The number of Topliss-reactive ketones (excluding diaryl/α,β-unsaturated/α-hetero) is 1. The molecule has 1 aromatic heterocycles. The number of rotatable bonds is 4. The van der Waals surface area contributed by atoms with Crippen molar-refractivity contribution in [3.63, 3.8) is 0 Å². The first kappa shape index (κ1) is 14.5. The fraction of sp³-hybridized carbons (Fsp3) is 0.714. The Hall–Kier alpha value is -0.870. The minimum absolute atomic E-state index is 0.0152. The van der Waals surface area contributed by atoms with E-state index in [1.165, 1.54) is 6.42 Å². The van der Waals surface area contributed by atoms with Crippen LogP contribution in [0.25, 0.3) is 0 Å². The lowest BCUT2D eigenvalue weighted by molar-refractivity contribution is -0.120. The zero-order valence-electron chi connectivity index (χ0n) is 11.7. The third-order valence-corrected chi connectivity index (χ3v) is 4.23. The molecular weight excluding hydrogens is 262 g/mol. The Kier molecular flexibility index (Phi) is 4.99. The van der Waals surface area contributed by atoms with Gasteiger partial charge in [0.1, 0.15) is 0 Å². The van der Waals surface area contributed by atoms with Crippen LogP contribution >= 0.6 is 11.6 Å². The van der Waals surface area contributed by atoms with Crippen LogP contribution in [0.15, 0.2) is 0 Å². The second-order valence-corrected chi connectivity index (χ2v) is 5.56. The number of hydrogen-bond donors (Lipinski definition) is 1. The number of halogens is 1. The smallest absolute Gasteiger partial charge is 0.155 e.